The molecule has 0 aliphatic carbocycles. The van der Waals surface area contributed by atoms with E-state index in [1.165, 1.54) is 0 Å². The Balaban J connectivity index is 2.46. The van der Waals surface area contributed by atoms with Gasteiger partial charge in [0.15, 0.2) is 12.4 Å². The monoisotopic (exact) mass is 552 g/mol. The van der Waals surface area contributed by atoms with E-state index in [1.807, 2.05) is 0 Å². The predicted octanol–water partition coefficient (Wildman–Crippen LogP) is -2.54. The smallest absolute Gasteiger partial charge is 0.305 e. The van der Waals surface area contributed by atoms with Gasteiger partial charge >= 0.3 is 29.8 Å². The highest BCUT2D eigenvalue weighted by molar-refractivity contribution is 5.68. The number of hydrogen-bond acceptors (Lipinski definition) is 16. The van der Waals surface area contributed by atoms with Crippen LogP contribution in [0.2, 0.25) is 0 Å². The summed E-state index contributed by atoms with van der Waals surface area (Å²) in [5, 5.41) is 31.1. The molecule has 38 heavy (non-hydrogen) atoms. The van der Waals surface area contributed by atoms with Crippen LogP contribution < -0.4 is 0 Å². The molecule has 2 fully saturated rings. The normalized spacial score (nSPS) is 34.9. The van der Waals surface area contributed by atoms with Gasteiger partial charge in [-0.15, -0.1) is 0 Å². The van der Waals surface area contributed by atoms with Crippen molar-refractivity contribution in [1.29, 1.82) is 0 Å². The maximum Gasteiger partial charge on any atom is 0.305 e. The van der Waals surface area contributed by atoms with Crippen LogP contribution in [0.25, 0.3) is 0 Å². The fourth-order valence-electron chi connectivity index (χ4n) is 3.80. The SMILES string of the molecule is CC(=O)OCC1O[C@@H](O[C@@H]2C(COC(C)=O)OC(OC(C)=O)[C@@H](OC(C)=O)C2OC(C)=O)[C@@H](O)C(O)[C@H]1O. The van der Waals surface area contributed by atoms with Crippen molar-refractivity contribution >= 4 is 29.8 Å². The lowest BCUT2D eigenvalue weighted by Crippen LogP contribution is -2.66. The highest BCUT2D eigenvalue weighted by atomic mass is 16.8. The summed E-state index contributed by atoms with van der Waals surface area (Å²) in [7, 11) is 0. The van der Waals surface area contributed by atoms with Crippen molar-refractivity contribution in [3.05, 3.63) is 0 Å². The first-order valence-electron chi connectivity index (χ1n) is 11.5. The van der Waals surface area contributed by atoms with E-state index in [9.17, 15) is 39.3 Å². The van der Waals surface area contributed by atoms with Crippen molar-refractivity contribution in [2.75, 3.05) is 13.2 Å². The van der Waals surface area contributed by atoms with Gasteiger partial charge in [0.1, 0.15) is 49.8 Å². The number of carbonyl (C=O) groups excluding carboxylic acids is 5. The lowest BCUT2D eigenvalue weighted by atomic mass is 9.96. The largest absolute Gasteiger partial charge is 0.463 e. The molecule has 2 aliphatic rings. The van der Waals surface area contributed by atoms with Gasteiger partial charge in [0.2, 0.25) is 12.4 Å². The summed E-state index contributed by atoms with van der Waals surface area (Å²) in [5.41, 5.74) is 0. The van der Waals surface area contributed by atoms with Crippen LogP contribution in [0.5, 0.6) is 0 Å². The summed E-state index contributed by atoms with van der Waals surface area (Å²) in [6, 6.07) is 0. The first-order chi connectivity index (χ1) is 17.7. The molecule has 16 heteroatoms. The van der Waals surface area contributed by atoms with Gasteiger partial charge in [0, 0.05) is 34.6 Å². The Morgan fingerprint density at radius 1 is 0.553 bits per heavy atom. The molecule has 2 saturated heterocycles. The average molecular weight is 552 g/mol. The number of ether oxygens (including phenoxy) is 8. The molecule has 0 aromatic carbocycles. The maximum absolute atomic E-state index is 12.0. The number of carbonyl (C=O) groups is 5. The zero-order chi connectivity index (χ0) is 28.7. The van der Waals surface area contributed by atoms with Gasteiger partial charge < -0.3 is 53.2 Å². The molecule has 0 bridgehead atoms. The molecule has 3 N–H and O–H groups in total. The Labute approximate surface area is 216 Å². The van der Waals surface area contributed by atoms with Crippen molar-refractivity contribution in [3.63, 3.8) is 0 Å². The maximum atomic E-state index is 12.0. The summed E-state index contributed by atoms with van der Waals surface area (Å²) in [4.78, 5) is 58.2. The standard InChI is InChI=1S/C22H32O16/c1-8(23)31-6-13-15(28)16(29)17(30)21(36-13)38-18-14(7-32-9(2)24)37-22(35-12(5)27)20(34-11(4)26)19(18)33-10(3)25/h13-22,28-30H,6-7H2,1-5H3/t13?,14?,15-,16?,17-,18+,19?,20-,21-,22?/m0/s1. The Bertz CT molecular complexity index is 875. The molecule has 0 radical (unpaired) electrons. The minimum atomic E-state index is -1.88. The lowest BCUT2D eigenvalue weighted by molar-refractivity contribution is -0.356. The molecule has 2 rings (SSSR count). The Morgan fingerprint density at radius 2 is 1.03 bits per heavy atom. The van der Waals surface area contributed by atoms with E-state index in [-0.39, 0.29) is 0 Å². The number of hydrogen-bond donors (Lipinski definition) is 3. The average Bonchev–Trinajstić information content (AvgIpc) is 2.79. The zero-order valence-corrected chi connectivity index (χ0v) is 21.3. The van der Waals surface area contributed by atoms with Crippen molar-refractivity contribution in [1.82, 2.24) is 0 Å². The predicted molar refractivity (Wildman–Crippen MR) is 116 cm³/mol. The Hall–Kier alpha value is -2.89. The number of esters is 5. The summed E-state index contributed by atoms with van der Waals surface area (Å²) in [5.74, 6) is -4.06. The third-order valence-corrected chi connectivity index (χ3v) is 5.34. The topological polar surface area (TPSA) is 220 Å². The van der Waals surface area contributed by atoms with Crippen LogP contribution in [0.3, 0.4) is 0 Å². The molecule has 2 aliphatic heterocycles. The first kappa shape index (κ1) is 31.3. The van der Waals surface area contributed by atoms with E-state index in [0.717, 1.165) is 34.6 Å². The molecule has 0 amide bonds. The molecule has 2 heterocycles. The molecule has 0 aromatic rings. The molecular weight excluding hydrogens is 520 g/mol. The van der Waals surface area contributed by atoms with E-state index in [4.69, 9.17) is 37.9 Å². The molecule has 5 unspecified atom stereocenters. The summed E-state index contributed by atoms with van der Waals surface area (Å²) in [6.45, 7) is 4.23. The van der Waals surface area contributed by atoms with E-state index < -0.39 is 104 Å². The summed E-state index contributed by atoms with van der Waals surface area (Å²) in [6.07, 6.45) is -16.2. The van der Waals surface area contributed by atoms with Gasteiger partial charge in [-0.3, -0.25) is 24.0 Å². The number of aliphatic hydroxyl groups excluding tert-OH is 3. The number of rotatable bonds is 9. The van der Waals surface area contributed by atoms with Crippen LogP contribution in [-0.4, -0.2) is 120 Å². The third kappa shape index (κ3) is 8.57. The second kappa shape index (κ2) is 13.8. The van der Waals surface area contributed by atoms with Crippen molar-refractivity contribution in [2.24, 2.45) is 0 Å². The first-order valence-corrected chi connectivity index (χ1v) is 11.5. The molecule has 0 aromatic heterocycles. The summed E-state index contributed by atoms with van der Waals surface area (Å²) >= 11 is 0. The van der Waals surface area contributed by atoms with Crippen LogP contribution in [0.15, 0.2) is 0 Å². The highest BCUT2D eigenvalue weighted by Gasteiger charge is 2.55. The van der Waals surface area contributed by atoms with Gasteiger partial charge in [0.25, 0.3) is 0 Å². The van der Waals surface area contributed by atoms with Gasteiger partial charge in [-0.05, 0) is 0 Å². The Morgan fingerprint density at radius 3 is 1.53 bits per heavy atom. The molecule has 0 saturated carbocycles. The van der Waals surface area contributed by atoms with Crippen LogP contribution in [0.1, 0.15) is 34.6 Å². The van der Waals surface area contributed by atoms with E-state index >= 15 is 0 Å². The minimum absolute atomic E-state index is 0.518. The minimum Gasteiger partial charge on any atom is -0.463 e. The number of aliphatic hydroxyl groups is 3. The second-order valence-corrected chi connectivity index (χ2v) is 8.52. The molecule has 16 nitrogen and oxygen atoms in total. The van der Waals surface area contributed by atoms with Gasteiger partial charge in [-0.1, -0.05) is 0 Å². The quantitative estimate of drug-likeness (QED) is 0.198. The van der Waals surface area contributed by atoms with Crippen LogP contribution in [0.4, 0.5) is 0 Å². The molecule has 0 spiro atoms. The Kier molecular flexibility index (Phi) is 11.4. The summed E-state index contributed by atoms with van der Waals surface area (Å²) < 4.78 is 42.4. The highest BCUT2D eigenvalue weighted by Crippen LogP contribution is 2.33. The van der Waals surface area contributed by atoms with Crippen molar-refractivity contribution in [3.8, 4) is 0 Å². The van der Waals surface area contributed by atoms with Gasteiger partial charge in [0.05, 0.1) is 0 Å². The molecular formula is C22H32O16. The van der Waals surface area contributed by atoms with Gasteiger partial charge in [-0.2, -0.15) is 0 Å². The lowest BCUT2D eigenvalue weighted by Gasteiger charge is -2.47. The van der Waals surface area contributed by atoms with Crippen LogP contribution >= 0.6 is 0 Å². The molecule has 10 atom stereocenters. The van der Waals surface area contributed by atoms with E-state index in [0.29, 0.717) is 0 Å². The fourth-order valence-corrected chi connectivity index (χ4v) is 3.80. The van der Waals surface area contributed by atoms with Crippen LogP contribution in [-0.2, 0) is 61.9 Å². The second-order valence-electron chi connectivity index (χ2n) is 8.52. The zero-order valence-electron chi connectivity index (χ0n) is 21.3. The fraction of sp³-hybridized carbons (Fsp3) is 0.773. The van der Waals surface area contributed by atoms with Gasteiger partial charge in [-0.25, -0.2) is 0 Å². The molecule has 216 valence electrons. The van der Waals surface area contributed by atoms with E-state index in [1.54, 1.807) is 0 Å². The third-order valence-electron chi connectivity index (χ3n) is 5.34. The van der Waals surface area contributed by atoms with Crippen molar-refractivity contribution in [2.45, 2.75) is 96.0 Å². The van der Waals surface area contributed by atoms with Crippen molar-refractivity contribution < 1.29 is 77.2 Å². The van der Waals surface area contributed by atoms with Crippen LogP contribution in [0, 0.1) is 0 Å². The van der Waals surface area contributed by atoms with E-state index in [2.05, 4.69) is 0 Å².